The van der Waals surface area contributed by atoms with Crippen LogP contribution in [0.3, 0.4) is 0 Å². The van der Waals surface area contributed by atoms with Gasteiger partial charge in [0.1, 0.15) is 11.5 Å². The average molecular weight is 551 g/mol. The molecule has 3 heteroatoms. The van der Waals surface area contributed by atoms with Crippen molar-refractivity contribution >= 4 is 5.97 Å². The first-order valence-corrected chi connectivity index (χ1v) is 15.4. The number of hydrogen-bond donors (Lipinski definition) is 1. The molecule has 0 aromatic heterocycles. The van der Waals surface area contributed by atoms with Crippen LogP contribution in [0.4, 0.5) is 0 Å². The van der Waals surface area contributed by atoms with Crippen molar-refractivity contribution < 1.29 is 14.6 Å². The van der Waals surface area contributed by atoms with Gasteiger partial charge in [0.25, 0.3) is 0 Å². The second-order valence-electron chi connectivity index (χ2n) is 15.8. The fraction of sp³-hybridized carbons (Fsp3) is 0.649. The van der Waals surface area contributed by atoms with E-state index in [2.05, 4.69) is 107 Å². The number of benzene rings is 2. The van der Waals surface area contributed by atoms with Gasteiger partial charge in [-0.25, -0.2) is 0 Å². The topological polar surface area (TPSA) is 46.5 Å². The summed E-state index contributed by atoms with van der Waals surface area (Å²) in [6, 6.07) is 8.98. The van der Waals surface area contributed by atoms with Gasteiger partial charge in [-0.1, -0.05) is 127 Å². The van der Waals surface area contributed by atoms with Crippen LogP contribution in [0, 0.1) is 0 Å². The molecule has 0 spiro atoms. The van der Waals surface area contributed by atoms with Crippen LogP contribution in [0.25, 0.3) is 0 Å². The quantitative estimate of drug-likeness (QED) is 0.192. The number of rotatable bonds is 9. The number of phenolic OH excluding ortho intramolecular Hbond substituents is 1. The van der Waals surface area contributed by atoms with E-state index in [0.29, 0.717) is 12.2 Å². The molecule has 0 fully saturated rings. The maximum absolute atomic E-state index is 12.3. The standard InChI is InChI=1S/C37H58O3/c1-14-31(38)40-33-29(36(8,9)10)23-26(24-30(33)37(11,12)13)20-18-16-15-17-19-25-21-27(34(2,3)4)32(39)28(22-25)35(5,6)7/h21-24,39H,14-20H2,1-13H3. The lowest BCUT2D eigenvalue weighted by Crippen LogP contribution is -2.22. The lowest BCUT2D eigenvalue weighted by molar-refractivity contribution is -0.134. The Balaban J connectivity index is 2.15. The first-order valence-electron chi connectivity index (χ1n) is 15.4. The summed E-state index contributed by atoms with van der Waals surface area (Å²) in [5, 5.41) is 11.0. The number of aryl methyl sites for hydroxylation is 2. The summed E-state index contributed by atoms with van der Waals surface area (Å²) in [6.07, 6.45) is 7.07. The van der Waals surface area contributed by atoms with Crippen molar-refractivity contribution in [1.82, 2.24) is 0 Å². The van der Waals surface area contributed by atoms with E-state index in [1.54, 1.807) is 0 Å². The first kappa shape index (κ1) is 33.9. The van der Waals surface area contributed by atoms with Gasteiger partial charge in [0.2, 0.25) is 0 Å². The summed E-state index contributed by atoms with van der Waals surface area (Å²) in [4.78, 5) is 12.3. The number of carbonyl (C=O) groups is 1. The minimum absolute atomic E-state index is 0.0949. The zero-order valence-electron chi connectivity index (χ0n) is 28.0. The van der Waals surface area contributed by atoms with Crippen molar-refractivity contribution in [3.05, 3.63) is 57.6 Å². The molecule has 0 amide bonds. The molecule has 1 N–H and O–H groups in total. The molecular formula is C37H58O3. The molecule has 0 unspecified atom stereocenters. The molecule has 0 bridgehead atoms. The second kappa shape index (κ2) is 12.7. The highest BCUT2D eigenvalue weighted by molar-refractivity contribution is 5.73. The zero-order chi connectivity index (χ0) is 30.7. The third kappa shape index (κ3) is 9.11. The van der Waals surface area contributed by atoms with Gasteiger partial charge < -0.3 is 9.84 Å². The van der Waals surface area contributed by atoms with E-state index in [1.807, 2.05) is 6.92 Å². The van der Waals surface area contributed by atoms with E-state index in [4.69, 9.17) is 4.74 Å². The van der Waals surface area contributed by atoms with E-state index >= 15 is 0 Å². The van der Waals surface area contributed by atoms with Crippen LogP contribution in [-0.4, -0.2) is 11.1 Å². The molecule has 3 nitrogen and oxygen atoms in total. The molecule has 0 aliphatic heterocycles. The number of unbranched alkanes of at least 4 members (excludes halogenated alkanes) is 3. The molecule has 0 atom stereocenters. The fourth-order valence-corrected chi connectivity index (χ4v) is 5.24. The van der Waals surface area contributed by atoms with Crippen molar-refractivity contribution in [3.8, 4) is 11.5 Å². The Morgan fingerprint density at radius 2 is 0.925 bits per heavy atom. The van der Waals surface area contributed by atoms with Crippen LogP contribution < -0.4 is 4.74 Å². The molecule has 0 radical (unpaired) electrons. The van der Waals surface area contributed by atoms with E-state index in [9.17, 15) is 9.90 Å². The number of ether oxygens (including phenoxy) is 1. The summed E-state index contributed by atoms with van der Waals surface area (Å²) >= 11 is 0. The number of aromatic hydroxyl groups is 1. The van der Waals surface area contributed by atoms with Crippen molar-refractivity contribution in [2.24, 2.45) is 0 Å². The van der Waals surface area contributed by atoms with Gasteiger partial charge in [-0.3, -0.25) is 4.79 Å². The molecule has 2 rings (SSSR count). The number of hydrogen-bond acceptors (Lipinski definition) is 3. The zero-order valence-corrected chi connectivity index (χ0v) is 28.0. The van der Waals surface area contributed by atoms with Crippen LogP contribution >= 0.6 is 0 Å². The summed E-state index contributed by atoms with van der Waals surface area (Å²) < 4.78 is 5.94. The van der Waals surface area contributed by atoms with E-state index in [0.717, 1.165) is 53.7 Å². The average Bonchev–Trinajstić information content (AvgIpc) is 2.79. The number of esters is 1. The van der Waals surface area contributed by atoms with Gasteiger partial charge in [0.05, 0.1) is 0 Å². The predicted molar refractivity (Wildman–Crippen MR) is 171 cm³/mol. The first-order chi connectivity index (χ1) is 18.2. The Labute approximate surface area is 246 Å². The molecule has 40 heavy (non-hydrogen) atoms. The molecule has 0 aliphatic rings. The van der Waals surface area contributed by atoms with Gasteiger partial charge in [-0.05, 0) is 69.6 Å². The van der Waals surface area contributed by atoms with E-state index in [-0.39, 0.29) is 27.6 Å². The highest BCUT2D eigenvalue weighted by Crippen LogP contribution is 2.42. The number of phenols is 1. The summed E-state index contributed by atoms with van der Waals surface area (Å²) in [5.41, 5.74) is 6.55. The summed E-state index contributed by atoms with van der Waals surface area (Å²) in [5.74, 6) is 1.04. The molecule has 0 aliphatic carbocycles. The Morgan fingerprint density at radius 1 is 0.600 bits per heavy atom. The maximum atomic E-state index is 12.3. The van der Waals surface area contributed by atoms with E-state index in [1.165, 1.54) is 24.0 Å². The van der Waals surface area contributed by atoms with Crippen LogP contribution in [0.15, 0.2) is 24.3 Å². The predicted octanol–water partition coefficient (Wildman–Crippen LogP) is 10.2. The minimum Gasteiger partial charge on any atom is -0.507 e. The minimum atomic E-state index is -0.179. The monoisotopic (exact) mass is 550 g/mol. The Hall–Kier alpha value is -2.29. The highest BCUT2D eigenvalue weighted by Gasteiger charge is 2.29. The van der Waals surface area contributed by atoms with Crippen LogP contribution in [-0.2, 0) is 39.3 Å². The van der Waals surface area contributed by atoms with Gasteiger partial charge in [0.15, 0.2) is 0 Å². The molecule has 224 valence electrons. The van der Waals surface area contributed by atoms with Crippen molar-refractivity contribution in [1.29, 1.82) is 0 Å². The lowest BCUT2D eigenvalue weighted by Gasteiger charge is -2.30. The SMILES string of the molecule is CCC(=O)Oc1c(C(C)(C)C)cc(CCCCCCc2cc(C(C)(C)C)c(O)c(C(C)(C)C)c2)cc1C(C)(C)C. The smallest absolute Gasteiger partial charge is 0.310 e. The molecule has 0 saturated heterocycles. The van der Waals surface area contributed by atoms with Gasteiger partial charge in [0, 0.05) is 17.5 Å². The molecule has 2 aromatic carbocycles. The highest BCUT2D eigenvalue weighted by atomic mass is 16.5. The van der Waals surface area contributed by atoms with Gasteiger partial charge in [-0.2, -0.15) is 0 Å². The Kier molecular flexibility index (Phi) is 10.8. The van der Waals surface area contributed by atoms with Crippen LogP contribution in [0.5, 0.6) is 11.5 Å². The van der Waals surface area contributed by atoms with Gasteiger partial charge >= 0.3 is 5.97 Å². The van der Waals surface area contributed by atoms with Crippen molar-refractivity contribution in [3.63, 3.8) is 0 Å². The fourth-order valence-electron chi connectivity index (χ4n) is 5.24. The van der Waals surface area contributed by atoms with Crippen molar-refractivity contribution in [2.75, 3.05) is 0 Å². The second-order valence-corrected chi connectivity index (χ2v) is 15.8. The Bertz CT molecular complexity index is 1090. The lowest BCUT2D eigenvalue weighted by atomic mass is 9.77. The third-order valence-electron chi connectivity index (χ3n) is 7.74. The van der Waals surface area contributed by atoms with Gasteiger partial charge in [-0.15, -0.1) is 0 Å². The maximum Gasteiger partial charge on any atom is 0.310 e. The summed E-state index contributed by atoms with van der Waals surface area (Å²) in [6.45, 7) is 28.1. The normalized spacial score (nSPS) is 13.0. The molecule has 0 saturated carbocycles. The van der Waals surface area contributed by atoms with Crippen molar-refractivity contribution in [2.45, 2.75) is 157 Å². The largest absolute Gasteiger partial charge is 0.507 e. The van der Waals surface area contributed by atoms with E-state index < -0.39 is 0 Å². The molecule has 2 aromatic rings. The summed E-state index contributed by atoms with van der Waals surface area (Å²) in [7, 11) is 0. The Morgan fingerprint density at radius 3 is 1.23 bits per heavy atom. The molecular weight excluding hydrogens is 492 g/mol. The number of carbonyl (C=O) groups excluding carboxylic acids is 1. The van der Waals surface area contributed by atoms with Crippen LogP contribution in [0.2, 0.25) is 0 Å². The third-order valence-corrected chi connectivity index (χ3v) is 7.74. The van der Waals surface area contributed by atoms with Crippen LogP contribution in [0.1, 0.15) is 155 Å². The molecule has 0 heterocycles.